The van der Waals surface area contributed by atoms with Crippen LogP contribution < -0.4 is 9.47 Å². The molecule has 1 spiro atoms. The minimum atomic E-state index is -0.406. The maximum atomic E-state index is 11.2. The highest BCUT2D eigenvalue weighted by Crippen LogP contribution is 2.49. The summed E-state index contributed by atoms with van der Waals surface area (Å²) in [6.07, 6.45) is 3.46. The van der Waals surface area contributed by atoms with Crippen LogP contribution in [0.5, 0.6) is 11.5 Å². The van der Waals surface area contributed by atoms with E-state index in [2.05, 4.69) is 15.9 Å². The fourth-order valence-electron chi connectivity index (χ4n) is 2.23. The summed E-state index contributed by atoms with van der Waals surface area (Å²) in [6.45, 7) is 1.59. The SMILES string of the molecule is CC(=O)Cc1cc2c(cc1Br)OC1(CCC1)O2. The largest absolute Gasteiger partial charge is 0.448 e. The summed E-state index contributed by atoms with van der Waals surface area (Å²) in [5.74, 6) is 1.28. The summed E-state index contributed by atoms with van der Waals surface area (Å²) in [7, 11) is 0. The lowest BCUT2D eigenvalue weighted by Gasteiger charge is -2.35. The van der Waals surface area contributed by atoms with Crippen molar-refractivity contribution in [1.82, 2.24) is 0 Å². The molecule has 0 bridgehead atoms. The molecule has 1 aliphatic carbocycles. The molecule has 0 radical (unpaired) electrons. The predicted molar refractivity (Wildman–Crippen MR) is 66.4 cm³/mol. The highest BCUT2D eigenvalue weighted by Gasteiger charge is 2.47. The summed E-state index contributed by atoms with van der Waals surface area (Å²) in [4.78, 5) is 11.2. The van der Waals surface area contributed by atoms with E-state index in [1.807, 2.05) is 12.1 Å². The average Bonchev–Trinajstić information content (AvgIpc) is 2.56. The van der Waals surface area contributed by atoms with Gasteiger partial charge < -0.3 is 9.47 Å². The smallest absolute Gasteiger partial charge is 0.251 e. The van der Waals surface area contributed by atoms with Gasteiger partial charge in [0.05, 0.1) is 0 Å². The van der Waals surface area contributed by atoms with Gasteiger partial charge in [0.25, 0.3) is 5.79 Å². The molecule has 3 rings (SSSR count). The second kappa shape index (κ2) is 3.73. The number of halogens is 1. The lowest BCUT2D eigenvalue weighted by molar-refractivity contribution is -0.138. The Morgan fingerprint density at radius 2 is 2.00 bits per heavy atom. The standard InChI is InChI=1S/C13H13BrO3/c1-8(15)5-9-6-11-12(7-10(9)14)17-13(16-11)3-2-4-13/h6-7H,2-5H2,1H3. The Bertz CT molecular complexity index is 492. The molecule has 4 heteroatoms. The van der Waals surface area contributed by atoms with Crippen LogP contribution >= 0.6 is 15.9 Å². The second-order valence-electron chi connectivity index (χ2n) is 4.74. The maximum absolute atomic E-state index is 11.2. The monoisotopic (exact) mass is 296 g/mol. The third-order valence-electron chi connectivity index (χ3n) is 3.26. The maximum Gasteiger partial charge on any atom is 0.251 e. The summed E-state index contributed by atoms with van der Waals surface area (Å²) >= 11 is 3.47. The second-order valence-corrected chi connectivity index (χ2v) is 5.59. The molecule has 0 unspecified atom stereocenters. The van der Waals surface area contributed by atoms with E-state index in [1.165, 1.54) is 0 Å². The number of ketones is 1. The molecule has 90 valence electrons. The molecule has 17 heavy (non-hydrogen) atoms. The first kappa shape index (κ1) is 11.1. The van der Waals surface area contributed by atoms with Gasteiger partial charge in [-0.2, -0.15) is 0 Å². The van der Waals surface area contributed by atoms with Crippen LogP contribution in [-0.4, -0.2) is 11.6 Å². The number of fused-ring (bicyclic) bond motifs is 1. The van der Waals surface area contributed by atoms with Crippen molar-refractivity contribution in [1.29, 1.82) is 0 Å². The third kappa shape index (κ3) is 1.84. The van der Waals surface area contributed by atoms with Crippen molar-refractivity contribution in [3.05, 3.63) is 22.2 Å². The van der Waals surface area contributed by atoms with Gasteiger partial charge in [0.1, 0.15) is 5.78 Å². The molecule has 1 aromatic rings. The number of ether oxygens (including phenoxy) is 2. The van der Waals surface area contributed by atoms with Crippen molar-refractivity contribution >= 4 is 21.7 Å². The van der Waals surface area contributed by atoms with Gasteiger partial charge in [-0.15, -0.1) is 0 Å². The van der Waals surface area contributed by atoms with E-state index < -0.39 is 5.79 Å². The van der Waals surface area contributed by atoms with E-state index in [9.17, 15) is 4.79 Å². The fraction of sp³-hybridized carbons (Fsp3) is 0.462. The molecule has 3 nitrogen and oxygen atoms in total. The molecule has 1 aromatic carbocycles. The first-order chi connectivity index (χ1) is 8.08. The highest BCUT2D eigenvalue weighted by atomic mass is 79.9. The van der Waals surface area contributed by atoms with Gasteiger partial charge in [0.15, 0.2) is 11.5 Å². The third-order valence-corrected chi connectivity index (χ3v) is 4.00. The van der Waals surface area contributed by atoms with Gasteiger partial charge in [-0.25, -0.2) is 0 Å². The molecule has 1 heterocycles. The molecule has 0 N–H and O–H groups in total. The molecular formula is C13H13BrO3. The fourth-order valence-corrected chi connectivity index (χ4v) is 2.69. The van der Waals surface area contributed by atoms with Gasteiger partial charge in [-0.1, -0.05) is 15.9 Å². The Balaban J connectivity index is 1.92. The van der Waals surface area contributed by atoms with Crippen LogP contribution in [0.2, 0.25) is 0 Å². The van der Waals surface area contributed by atoms with E-state index in [4.69, 9.17) is 9.47 Å². The minimum absolute atomic E-state index is 0.142. The van der Waals surface area contributed by atoms with Gasteiger partial charge in [0, 0.05) is 23.7 Å². The summed E-state index contributed by atoms with van der Waals surface area (Å²) in [6, 6.07) is 3.81. The van der Waals surface area contributed by atoms with Crippen LogP contribution in [0.1, 0.15) is 31.7 Å². The molecule has 0 atom stereocenters. The zero-order valence-electron chi connectivity index (χ0n) is 9.59. The average molecular weight is 297 g/mol. The Labute approximate surface area is 108 Å². The van der Waals surface area contributed by atoms with Crippen molar-refractivity contribution < 1.29 is 14.3 Å². The molecule has 1 aliphatic heterocycles. The number of rotatable bonds is 2. The van der Waals surface area contributed by atoms with Gasteiger partial charge in [-0.3, -0.25) is 4.79 Å². The van der Waals surface area contributed by atoms with Crippen LogP contribution in [-0.2, 0) is 11.2 Å². The van der Waals surface area contributed by atoms with Gasteiger partial charge in [0.2, 0.25) is 0 Å². The van der Waals surface area contributed by atoms with Crippen LogP contribution in [0.4, 0.5) is 0 Å². The Morgan fingerprint density at radius 1 is 1.35 bits per heavy atom. The van der Waals surface area contributed by atoms with Crippen molar-refractivity contribution in [2.24, 2.45) is 0 Å². The van der Waals surface area contributed by atoms with E-state index in [0.717, 1.165) is 40.8 Å². The minimum Gasteiger partial charge on any atom is -0.448 e. The Kier molecular flexibility index (Phi) is 2.43. The van der Waals surface area contributed by atoms with Crippen molar-refractivity contribution in [2.75, 3.05) is 0 Å². The molecule has 0 aromatic heterocycles. The molecule has 1 saturated carbocycles. The molecule has 0 amide bonds. The molecule has 1 fully saturated rings. The number of Topliss-reactive ketones (excluding diaryl/α,β-unsaturated/α-hetero) is 1. The van der Waals surface area contributed by atoms with E-state index in [0.29, 0.717) is 6.42 Å². The van der Waals surface area contributed by atoms with Crippen LogP contribution in [0.25, 0.3) is 0 Å². The first-order valence-electron chi connectivity index (χ1n) is 5.78. The predicted octanol–water partition coefficient (Wildman–Crippen LogP) is 3.23. The topological polar surface area (TPSA) is 35.5 Å². The van der Waals surface area contributed by atoms with Crippen LogP contribution in [0.3, 0.4) is 0 Å². The Morgan fingerprint density at radius 3 is 2.53 bits per heavy atom. The number of benzene rings is 1. The number of hydrogen-bond acceptors (Lipinski definition) is 3. The van der Waals surface area contributed by atoms with Gasteiger partial charge in [-0.05, 0) is 31.0 Å². The summed E-state index contributed by atoms with van der Waals surface area (Å²) in [5, 5.41) is 0. The lowest BCUT2D eigenvalue weighted by atomic mass is 9.91. The molecular weight excluding hydrogens is 284 g/mol. The van der Waals surface area contributed by atoms with Crippen LogP contribution in [0.15, 0.2) is 16.6 Å². The number of hydrogen-bond donors (Lipinski definition) is 0. The van der Waals surface area contributed by atoms with E-state index in [-0.39, 0.29) is 5.78 Å². The van der Waals surface area contributed by atoms with E-state index in [1.54, 1.807) is 6.92 Å². The molecule has 2 aliphatic rings. The number of carbonyl (C=O) groups is 1. The van der Waals surface area contributed by atoms with Crippen molar-refractivity contribution in [2.45, 2.75) is 38.4 Å². The van der Waals surface area contributed by atoms with E-state index >= 15 is 0 Å². The zero-order valence-corrected chi connectivity index (χ0v) is 11.2. The molecule has 0 saturated heterocycles. The normalized spacial score (nSPS) is 19.2. The number of carbonyl (C=O) groups excluding carboxylic acids is 1. The lowest BCUT2D eigenvalue weighted by Crippen LogP contribution is -2.45. The highest BCUT2D eigenvalue weighted by molar-refractivity contribution is 9.10. The quantitative estimate of drug-likeness (QED) is 0.840. The zero-order chi connectivity index (χ0) is 12.0. The summed E-state index contributed by atoms with van der Waals surface area (Å²) < 4.78 is 12.6. The van der Waals surface area contributed by atoms with Gasteiger partial charge >= 0.3 is 0 Å². The van der Waals surface area contributed by atoms with Crippen LogP contribution in [0, 0.1) is 0 Å². The van der Waals surface area contributed by atoms with Crippen molar-refractivity contribution in [3.63, 3.8) is 0 Å². The first-order valence-corrected chi connectivity index (χ1v) is 6.57. The summed E-state index contributed by atoms with van der Waals surface area (Å²) in [5.41, 5.74) is 0.955. The Hall–Kier alpha value is -1.03. The van der Waals surface area contributed by atoms with Crippen molar-refractivity contribution in [3.8, 4) is 11.5 Å².